The van der Waals surface area contributed by atoms with Crippen LogP contribution in [-0.4, -0.2) is 47.7 Å². The number of benzene rings is 1. The van der Waals surface area contributed by atoms with E-state index in [0.29, 0.717) is 32.5 Å². The number of carboxylic acids is 1. The zero-order valence-corrected chi connectivity index (χ0v) is 15.1. The third-order valence-electron chi connectivity index (χ3n) is 5.75. The van der Waals surface area contributed by atoms with Gasteiger partial charge >= 0.3 is 5.97 Å². The van der Waals surface area contributed by atoms with Gasteiger partial charge in [-0.15, -0.1) is 0 Å². The molecule has 5 nitrogen and oxygen atoms in total. The molecule has 2 aliphatic heterocycles. The van der Waals surface area contributed by atoms with Gasteiger partial charge in [0.05, 0.1) is 17.9 Å². The Labute approximate surface area is 153 Å². The lowest BCUT2D eigenvalue weighted by Gasteiger charge is -2.37. The van der Waals surface area contributed by atoms with Crippen molar-refractivity contribution in [3.05, 3.63) is 35.6 Å². The SMILES string of the molecule is CCC(C(=O)N1CCC([C@@H]2OCCC2C(=O)O)CC1)c1ccc(F)cc1. The van der Waals surface area contributed by atoms with Crippen LogP contribution in [0.2, 0.25) is 0 Å². The Kier molecular flexibility index (Phi) is 5.91. The van der Waals surface area contributed by atoms with Crippen LogP contribution in [0.1, 0.15) is 44.1 Å². The van der Waals surface area contributed by atoms with Crippen LogP contribution in [0, 0.1) is 17.7 Å². The molecule has 0 spiro atoms. The van der Waals surface area contributed by atoms with Gasteiger partial charge in [-0.25, -0.2) is 4.39 Å². The van der Waals surface area contributed by atoms with Gasteiger partial charge in [-0.2, -0.15) is 0 Å². The second-order valence-electron chi connectivity index (χ2n) is 7.24. The maximum Gasteiger partial charge on any atom is 0.309 e. The van der Waals surface area contributed by atoms with Crippen molar-refractivity contribution >= 4 is 11.9 Å². The zero-order chi connectivity index (χ0) is 18.7. The highest BCUT2D eigenvalue weighted by Gasteiger charge is 2.41. The number of ether oxygens (including phenoxy) is 1. The number of halogens is 1. The Balaban J connectivity index is 1.60. The summed E-state index contributed by atoms with van der Waals surface area (Å²) in [6, 6.07) is 6.14. The van der Waals surface area contributed by atoms with Crippen molar-refractivity contribution in [2.75, 3.05) is 19.7 Å². The molecule has 1 aromatic rings. The van der Waals surface area contributed by atoms with E-state index < -0.39 is 11.9 Å². The molecule has 2 fully saturated rings. The molecule has 0 bridgehead atoms. The number of carbonyl (C=O) groups is 2. The summed E-state index contributed by atoms with van der Waals surface area (Å²) in [5.41, 5.74) is 0.839. The highest BCUT2D eigenvalue weighted by Crippen LogP contribution is 2.34. The third kappa shape index (κ3) is 3.90. The molecule has 3 rings (SSSR count). The maximum atomic E-state index is 13.1. The topological polar surface area (TPSA) is 66.8 Å². The second-order valence-corrected chi connectivity index (χ2v) is 7.24. The molecule has 0 aliphatic carbocycles. The Hall–Kier alpha value is -1.95. The van der Waals surface area contributed by atoms with Crippen molar-refractivity contribution < 1.29 is 23.8 Å². The molecule has 2 unspecified atom stereocenters. The first-order chi connectivity index (χ1) is 12.5. The predicted octanol–water partition coefficient (Wildman–Crippen LogP) is 3.05. The summed E-state index contributed by atoms with van der Waals surface area (Å²) < 4.78 is 18.8. The van der Waals surface area contributed by atoms with Crippen molar-refractivity contribution in [3.63, 3.8) is 0 Å². The van der Waals surface area contributed by atoms with Crippen molar-refractivity contribution in [1.29, 1.82) is 0 Å². The molecule has 0 aromatic heterocycles. The summed E-state index contributed by atoms with van der Waals surface area (Å²) in [4.78, 5) is 26.1. The number of aliphatic carboxylic acids is 1. The van der Waals surface area contributed by atoms with Crippen LogP contribution in [0.5, 0.6) is 0 Å². The van der Waals surface area contributed by atoms with Gasteiger partial charge in [0.25, 0.3) is 0 Å². The summed E-state index contributed by atoms with van der Waals surface area (Å²) in [7, 11) is 0. The number of likely N-dealkylation sites (tertiary alicyclic amines) is 1. The van der Waals surface area contributed by atoms with Crippen LogP contribution >= 0.6 is 0 Å². The molecule has 3 atom stereocenters. The van der Waals surface area contributed by atoms with Crippen molar-refractivity contribution in [2.45, 2.75) is 44.6 Å². The van der Waals surface area contributed by atoms with Gasteiger partial charge in [-0.3, -0.25) is 9.59 Å². The molecule has 0 radical (unpaired) electrons. The summed E-state index contributed by atoms with van der Waals surface area (Å²) >= 11 is 0. The maximum absolute atomic E-state index is 13.1. The lowest BCUT2D eigenvalue weighted by atomic mass is 9.83. The molecule has 2 aliphatic rings. The zero-order valence-electron chi connectivity index (χ0n) is 15.1. The molecule has 6 heteroatoms. The number of hydrogen-bond acceptors (Lipinski definition) is 3. The van der Waals surface area contributed by atoms with Crippen LogP contribution in [0.25, 0.3) is 0 Å². The van der Waals surface area contributed by atoms with Gasteiger partial charge in [0.15, 0.2) is 0 Å². The van der Waals surface area contributed by atoms with Gasteiger partial charge < -0.3 is 14.7 Å². The van der Waals surface area contributed by atoms with Crippen LogP contribution in [0.15, 0.2) is 24.3 Å². The Morgan fingerprint density at radius 1 is 1.23 bits per heavy atom. The van der Waals surface area contributed by atoms with Crippen molar-refractivity contribution in [2.24, 2.45) is 11.8 Å². The number of carboxylic acid groups (broad SMARTS) is 1. The van der Waals surface area contributed by atoms with E-state index in [4.69, 9.17) is 4.74 Å². The number of piperidine rings is 1. The average Bonchev–Trinajstić information content (AvgIpc) is 3.14. The highest BCUT2D eigenvalue weighted by molar-refractivity contribution is 5.83. The Morgan fingerprint density at radius 2 is 1.88 bits per heavy atom. The van der Waals surface area contributed by atoms with Crippen LogP contribution in [0.3, 0.4) is 0 Å². The van der Waals surface area contributed by atoms with E-state index in [1.807, 2.05) is 11.8 Å². The van der Waals surface area contributed by atoms with Gasteiger partial charge in [0, 0.05) is 19.7 Å². The van der Waals surface area contributed by atoms with Gasteiger partial charge in [0.2, 0.25) is 5.91 Å². The fraction of sp³-hybridized carbons (Fsp3) is 0.600. The van der Waals surface area contributed by atoms with Crippen molar-refractivity contribution in [3.8, 4) is 0 Å². The quantitative estimate of drug-likeness (QED) is 0.873. The minimum atomic E-state index is -0.784. The predicted molar refractivity (Wildman–Crippen MR) is 94.2 cm³/mol. The van der Waals surface area contributed by atoms with E-state index in [9.17, 15) is 19.1 Å². The minimum absolute atomic E-state index is 0.0692. The molecular weight excluding hydrogens is 337 g/mol. The number of rotatable bonds is 5. The van der Waals surface area contributed by atoms with Gasteiger partial charge in [-0.1, -0.05) is 19.1 Å². The smallest absolute Gasteiger partial charge is 0.309 e. The fourth-order valence-corrected chi connectivity index (χ4v) is 4.26. The molecule has 2 heterocycles. The number of hydrogen-bond donors (Lipinski definition) is 1. The number of amides is 1. The lowest BCUT2D eigenvalue weighted by Crippen LogP contribution is -2.44. The van der Waals surface area contributed by atoms with Crippen LogP contribution in [0.4, 0.5) is 4.39 Å². The van der Waals surface area contributed by atoms with Crippen molar-refractivity contribution in [1.82, 2.24) is 4.90 Å². The van der Waals surface area contributed by atoms with E-state index in [1.54, 1.807) is 12.1 Å². The van der Waals surface area contributed by atoms with Gasteiger partial charge in [0.1, 0.15) is 5.82 Å². The average molecular weight is 363 g/mol. The van der Waals surface area contributed by atoms with Crippen LogP contribution < -0.4 is 0 Å². The summed E-state index contributed by atoms with van der Waals surface area (Å²) in [5, 5.41) is 9.33. The molecular formula is C20H26FNO4. The molecule has 2 saturated heterocycles. The van der Waals surface area contributed by atoms with E-state index in [2.05, 4.69) is 0 Å². The van der Waals surface area contributed by atoms with Gasteiger partial charge in [-0.05, 0) is 49.3 Å². The second kappa shape index (κ2) is 8.16. The number of nitrogens with zero attached hydrogens (tertiary/aromatic N) is 1. The monoisotopic (exact) mass is 363 g/mol. The minimum Gasteiger partial charge on any atom is -0.481 e. The molecule has 0 saturated carbocycles. The number of carbonyl (C=O) groups excluding carboxylic acids is 1. The fourth-order valence-electron chi connectivity index (χ4n) is 4.26. The van der Waals surface area contributed by atoms with E-state index in [-0.39, 0.29) is 29.7 Å². The molecule has 1 N–H and O–H groups in total. The Morgan fingerprint density at radius 3 is 2.46 bits per heavy atom. The van der Waals surface area contributed by atoms with E-state index in [1.165, 1.54) is 12.1 Å². The molecule has 26 heavy (non-hydrogen) atoms. The third-order valence-corrected chi connectivity index (χ3v) is 5.75. The summed E-state index contributed by atoms with van der Waals surface area (Å²) in [6.45, 7) is 3.70. The first kappa shape index (κ1) is 18.8. The molecule has 1 amide bonds. The lowest BCUT2D eigenvalue weighted by molar-refractivity contribution is -0.146. The normalized spacial score (nSPS) is 25.2. The first-order valence-electron chi connectivity index (χ1n) is 9.40. The standard InChI is InChI=1S/C20H26FNO4/c1-2-16(13-3-5-15(21)6-4-13)19(23)22-10-7-14(8-11-22)18-17(20(24)25)9-12-26-18/h3-6,14,16-18H,2,7-12H2,1H3,(H,24,25)/t16?,17?,18-/m0/s1. The first-order valence-corrected chi connectivity index (χ1v) is 9.40. The Bertz CT molecular complexity index is 640. The molecule has 1 aromatic carbocycles. The molecule has 142 valence electrons. The summed E-state index contributed by atoms with van der Waals surface area (Å²) in [6.07, 6.45) is 2.53. The highest BCUT2D eigenvalue weighted by atomic mass is 19.1. The van der Waals surface area contributed by atoms with E-state index >= 15 is 0 Å². The van der Waals surface area contributed by atoms with E-state index in [0.717, 1.165) is 18.4 Å². The summed E-state index contributed by atoms with van der Waals surface area (Å²) in [5.74, 6) is -1.52. The van der Waals surface area contributed by atoms with Crippen LogP contribution in [-0.2, 0) is 14.3 Å². The largest absolute Gasteiger partial charge is 0.481 e.